The van der Waals surface area contributed by atoms with Crippen LogP contribution in [-0.4, -0.2) is 29.0 Å². The molecule has 0 unspecified atom stereocenters. The van der Waals surface area contributed by atoms with E-state index in [2.05, 4.69) is 10.1 Å². The van der Waals surface area contributed by atoms with Gasteiger partial charge >= 0.3 is 0 Å². The summed E-state index contributed by atoms with van der Waals surface area (Å²) in [6, 6.07) is 3.54. The van der Waals surface area contributed by atoms with E-state index in [1.807, 2.05) is 0 Å². The van der Waals surface area contributed by atoms with Gasteiger partial charge in [-0.3, -0.25) is 4.68 Å². The van der Waals surface area contributed by atoms with Crippen molar-refractivity contribution in [1.82, 2.24) is 14.8 Å². The summed E-state index contributed by atoms with van der Waals surface area (Å²) < 4.78 is 11.9. The Kier molecular flexibility index (Phi) is 2.86. The van der Waals surface area contributed by atoms with Gasteiger partial charge in [0.1, 0.15) is 11.6 Å². The van der Waals surface area contributed by atoms with Crippen LogP contribution in [-0.2, 0) is 7.05 Å². The van der Waals surface area contributed by atoms with Gasteiger partial charge in [0, 0.05) is 19.2 Å². The lowest BCUT2D eigenvalue weighted by molar-refractivity contribution is 0.388. The fraction of sp³-hybridized carbons (Fsp3) is 0.273. The van der Waals surface area contributed by atoms with Crippen LogP contribution >= 0.6 is 0 Å². The number of nitrogens with two attached hydrogens (primary N) is 1. The summed E-state index contributed by atoms with van der Waals surface area (Å²) in [5.41, 5.74) is 7.28. The van der Waals surface area contributed by atoms with Crippen LogP contribution < -0.4 is 15.2 Å². The van der Waals surface area contributed by atoms with E-state index in [4.69, 9.17) is 15.2 Å². The van der Waals surface area contributed by atoms with E-state index in [9.17, 15) is 0 Å². The summed E-state index contributed by atoms with van der Waals surface area (Å²) in [5, 5.41) is 4.29. The Morgan fingerprint density at radius 3 is 2.53 bits per heavy atom. The molecule has 2 heterocycles. The SMILES string of the molecule is COc1cc(-c2cc(N)n(C)n2)c(OC)cn1. The normalized spacial score (nSPS) is 10.3. The Morgan fingerprint density at radius 2 is 2.00 bits per heavy atom. The molecule has 90 valence electrons. The highest BCUT2D eigenvalue weighted by atomic mass is 16.5. The van der Waals surface area contributed by atoms with Crippen LogP contribution in [0.2, 0.25) is 0 Å². The van der Waals surface area contributed by atoms with Crippen molar-refractivity contribution in [3.05, 3.63) is 18.3 Å². The van der Waals surface area contributed by atoms with E-state index in [1.165, 1.54) is 0 Å². The maximum absolute atomic E-state index is 5.75. The second-order valence-corrected chi connectivity index (χ2v) is 3.50. The minimum atomic E-state index is 0.505. The van der Waals surface area contributed by atoms with Crippen molar-refractivity contribution in [3.63, 3.8) is 0 Å². The number of hydrogen-bond donors (Lipinski definition) is 1. The summed E-state index contributed by atoms with van der Waals surface area (Å²) in [6.07, 6.45) is 1.60. The lowest BCUT2D eigenvalue weighted by Gasteiger charge is -2.07. The van der Waals surface area contributed by atoms with Crippen molar-refractivity contribution in [2.24, 2.45) is 7.05 Å². The van der Waals surface area contributed by atoms with E-state index in [-0.39, 0.29) is 0 Å². The molecule has 0 saturated carbocycles. The lowest BCUT2D eigenvalue weighted by atomic mass is 10.2. The molecule has 17 heavy (non-hydrogen) atoms. The second kappa shape index (κ2) is 4.32. The quantitative estimate of drug-likeness (QED) is 0.860. The Balaban J connectivity index is 2.55. The van der Waals surface area contributed by atoms with Gasteiger partial charge in [0.15, 0.2) is 0 Å². The van der Waals surface area contributed by atoms with Gasteiger partial charge in [-0.1, -0.05) is 0 Å². The lowest BCUT2D eigenvalue weighted by Crippen LogP contribution is -1.97. The van der Waals surface area contributed by atoms with Crippen LogP contribution in [0.5, 0.6) is 11.6 Å². The number of hydrogen-bond acceptors (Lipinski definition) is 5. The number of aromatic nitrogens is 3. The van der Waals surface area contributed by atoms with Crippen molar-refractivity contribution < 1.29 is 9.47 Å². The highest BCUT2D eigenvalue weighted by molar-refractivity contribution is 5.69. The zero-order valence-corrected chi connectivity index (χ0v) is 9.97. The molecule has 2 rings (SSSR count). The Labute approximate surface area is 99.0 Å². The summed E-state index contributed by atoms with van der Waals surface area (Å²) in [4.78, 5) is 4.07. The van der Waals surface area contributed by atoms with Crippen molar-refractivity contribution in [2.45, 2.75) is 0 Å². The molecule has 2 aromatic heterocycles. The molecule has 0 aliphatic carbocycles. The molecule has 0 saturated heterocycles. The molecule has 0 atom stereocenters. The first kappa shape index (κ1) is 11.3. The summed E-state index contributed by atoms with van der Waals surface area (Å²) in [5.74, 6) is 1.71. The molecule has 0 fully saturated rings. The first-order valence-corrected chi connectivity index (χ1v) is 5.03. The predicted octanol–water partition coefficient (Wildman–Crippen LogP) is 1.08. The standard InChI is InChI=1S/C11H14N4O2/c1-15-10(12)5-8(14-15)7-4-11(17-3)13-6-9(7)16-2/h4-6H,12H2,1-3H3. The smallest absolute Gasteiger partial charge is 0.213 e. The van der Waals surface area contributed by atoms with Gasteiger partial charge in [0.05, 0.1) is 31.7 Å². The predicted molar refractivity (Wildman–Crippen MR) is 64.0 cm³/mol. The molecule has 0 spiro atoms. The van der Waals surface area contributed by atoms with Crippen molar-refractivity contribution in [2.75, 3.05) is 20.0 Å². The third kappa shape index (κ3) is 2.01. The molecule has 6 heteroatoms. The van der Waals surface area contributed by atoms with Gasteiger partial charge in [-0.05, 0) is 0 Å². The average molecular weight is 234 g/mol. The maximum Gasteiger partial charge on any atom is 0.213 e. The fourth-order valence-electron chi connectivity index (χ4n) is 1.51. The first-order valence-electron chi connectivity index (χ1n) is 5.03. The molecule has 2 N–H and O–H groups in total. The van der Waals surface area contributed by atoms with Gasteiger partial charge in [0.25, 0.3) is 0 Å². The van der Waals surface area contributed by atoms with E-state index in [1.54, 1.807) is 44.3 Å². The summed E-state index contributed by atoms with van der Waals surface area (Å²) >= 11 is 0. The zero-order chi connectivity index (χ0) is 12.4. The largest absolute Gasteiger partial charge is 0.494 e. The maximum atomic E-state index is 5.75. The highest BCUT2D eigenvalue weighted by Crippen LogP contribution is 2.31. The van der Waals surface area contributed by atoms with Gasteiger partial charge in [-0.2, -0.15) is 5.10 Å². The summed E-state index contributed by atoms with van der Waals surface area (Å²) in [7, 11) is 4.92. The van der Waals surface area contributed by atoms with Gasteiger partial charge in [-0.15, -0.1) is 0 Å². The van der Waals surface area contributed by atoms with Crippen molar-refractivity contribution >= 4 is 5.82 Å². The van der Waals surface area contributed by atoms with Crippen LogP contribution in [0, 0.1) is 0 Å². The van der Waals surface area contributed by atoms with E-state index < -0.39 is 0 Å². The van der Waals surface area contributed by atoms with E-state index in [0.717, 1.165) is 11.3 Å². The monoisotopic (exact) mass is 234 g/mol. The van der Waals surface area contributed by atoms with Crippen molar-refractivity contribution in [1.29, 1.82) is 0 Å². The molecular formula is C11H14N4O2. The van der Waals surface area contributed by atoms with Crippen molar-refractivity contribution in [3.8, 4) is 22.9 Å². The Hall–Kier alpha value is -2.24. The minimum Gasteiger partial charge on any atom is -0.494 e. The van der Waals surface area contributed by atoms with Crippen LogP contribution in [0.4, 0.5) is 5.82 Å². The van der Waals surface area contributed by atoms with E-state index >= 15 is 0 Å². The topological polar surface area (TPSA) is 75.2 Å². The number of nitrogens with zero attached hydrogens (tertiary/aromatic N) is 3. The molecule has 0 aliphatic rings. The molecule has 0 aromatic carbocycles. The third-order valence-corrected chi connectivity index (χ3v) is 2.46. The zero-order valence-electron chi connectivity index (χ0n) is 9.97. The van der Waals surface area contributed by atoms with Crippen LogP contribution in [0.15, 0.2) is 18.3 Å². The number of methoxy groups -OCH3 is 2. The van der Waals surface area contributed by atoms with E-state index in [0.29, 0.717) is 17.4 Å². The van der Waals surface area contributed by atoms with Crippen LogP contribution in [0.3, 0.4) is 0 Å². The van der Waals surface area contributed by atoms with Gasteiger partial charge < -0.3 is 15.2 Å². The number of pyridine rings is 1. The molecule has 0 amide bonds. The molecule has 6 nitrogen and oxygen atoms in total. The Morgan fingerprint density at radius 1 is 1.24 bits per heavy atom. The number of rotatable bonds is 3. The van der Waals surface area contributed by atoms with Gasteiger partial charge in [0.2, 0.25) is 5.88 Å². The minimum absolute atomic E-state index is 0.505. The molecule has 0 radical (unpaired) electrons. The molecular weight excluding hydrogens is 220 g/mol. The van der Waals surface area contributed by atoms with Gasteiger partial charge in [-0.25, -0.2) is 4.98 Å². The third-order valence-electron chi connectivity index (χ3n) is 2.46. The summed E-state index contributed by atoms with van der Waals surface area (Å²) in [6.45, 7) is 0. The Bertz CT molecular complexity index is 517. The second-order valence-electron chi connectivity index (χ2n) is 3.50. The van der Waals surface area contributed by atoms with Crippen LogP contribution in [0.1, 0.15) is 0 Å². The number of anilines is 1. The number of aryl methyl sites for hydroxylation is 1. The molecule has 2 aromatic rings. The molecule has 0 aliphatic heterocycles. The highest BCUT2D eigenvalue weighted by Gasteiger charge is 2.12. The fourth-order valence-corrected chi connectivity index (χ4v) is 1.51. The average Bonchev–Trinajstić information content (AvgIpc) is 2.68. The number of ether oxygens (including phenoxy) is 2. The molecule has 0 bridgehead atoms. The number of nitrogen functional groups attached to an aromatic ring is 1. The first-order chi connectivity index (χ1) is 8.15. The van der Waals surface area contributed by atoms with Crippen LogP contribution in [0.25, 0.3) is 11.3 Å².